The second-order valence-corrected chi connectivity index (χ2v) is 7.04. The molecular formula is C10H15NO4S. The lowest BCUT2D eigenvalue weighted by molar-refractivity contribution is -0.134. The molecule has 3 aliphatic rings. The van der Waals surface area contributed by atoms with Crippen molar-refractivity contribution in [1.29, 1.82) is 0 Å². The Bertz CT molecular complexity index is 416. The molecule has 0 amide bonds. The molecule has 16 heavy (non-hydrogen) atoms. The van der Waals surface area contributed by atoms with Gasteiger partial charge in [0.2, 0.25) is 10.0 Å². The number of rotatable bonds is 4. The topological polar surface area (TPSA) is 83.5 Å². The van der Waals surface area contributed by atoms with E-state index in [4.69, 9.17) is 5.11 Å². The molecule has 0 aromatic rings. The van der Waals surface area contributed by atoms with Crippen LogP contribution in [-0.2, 0) is 14.8 Å². The molecule has 3 aliphatic carbocycles. The summed E-state index contributed by atoms with van der Waals surface area (Å²) in [5, 5.41) is 8.48. The molecule has 0 aliphatic heterocycles. The first kappa shape index (κ1) is 10.5. The minimum Gasteiger partial charge on any atom is -0.480 e. The first-order chi connectivity index (χ1) is 7.48. The van der Waals surface area contributed by atoms with Gasteiger partial charge in [0, 0.05) is 6.04 Å². The van der Waals surface area contributed by atoms with Crippen molar-refractivity contribution < 1.29 is 18.3 Å². The fourth-order valence-corrected chi connectivity index (χ4v) is 5.03. The zero-order valence-corrected chi connectivity index (χ0v) is 9.61. The maximum absolute atomic E-state index is 11.5. The summed E-state index contributed by atoms with van der Waals surface area (Å²) in [5.41, 5.74) is 0. The monoisotopic (exact) mass is 245 g/mol. The number of hydrogen-bond acceptors (Lipinski definition) is 3. The lowest BCUT2D eigenvalue weighted by Crippen LogP contribution is -2.34. The summed E-state index contributed by atoms with van der Waals surface area (Å²) < 4.78 is 25.5. The third-order valence-corrected chi connectivity index (χ3v) is 5.62. The molecule has 3 fully saturated rings. The van der Waals surface area contributed by atoms with E-state index >= 15 is 0 Å². The predicted molar refractivity (Wildman–Crippen MR) is 56.2 cm³/mol. The predicted octanol–water partition coefficient (Wildman–Crippen LogP) is 0.0349. The van der Waals surface area contributed by atoms with Crippen molar-refractivity contribution in [3.8, 4) is 0 Å². The molecule has 4 unspecified atom stereocenters. The van der Waals surface area contributed by atoms with E-state index in [2.05, 4.69) is 4.72 Å². The Morgan fingerprint density at radius 2 is 1.81 bits per heavy atom. The molecule has 6 heteroatoms. The molecule has 4 atom stereocenters. The van der Waals surface area contributed by atoms with Crippen molar-refractivity contribution in [3.05, 3.63) is 0 Å². The quantitative estimate of drug-likeness (QED) is 0.732. The van der Waals surface area contributed by atoms with Crippen molar-refractivity contribution in [2.45, 2.75) is 25.3 Å². The number of sulfonamides is 1. The van der Waals surface area contributed by atoms with Crippen molar-refractivity contribution in [2.24, 2.45) is 23.7 Å². The summed E-state index contributed by atoms with van der Waals surface area (Å²) >= 11 is 0. The van der Waals surface area contributed by atoms with Gasteiger partial charge in [-0.3, -0.25) is 4.79 Å². The van der Waals surface area contributed by atoms with Crippen LogP contribution in [0.4, 0.5) is 0 Å². The average Bonchev–Trinajstić information content (AvgIpc) is 2.57. The maximum Gasteiger partial charge on any atom is 0.320 e. The van der Waals surface area contributed by atoms with Crippen LogP contribution < -0.4 is 4.72 Å². The highest BCUT2D eigenvalue weighted by molar-refractivity contribution is 7.90. The number of hydrogen-bond donors (Lipinski definition) is 2. The molecule has 0 spiro atoms. The maximum atomic E-state index is 11.5. The Balaban J connectivity index is 1.64. The van der Waals surface area contributed by atoms with Crippen molar-refractivity contribution in [1.82, 2.24) is 4.72 Å². The second-order valence-electron chi connectivity index (χ2n) is 5.28. The van der Waals surface area contributed by atoms with Gasteiger partial charge in [-0.05, 0) is 42.9 Å². The van der Waals surface area contributed by atoms with Crippen molar-refractivity contribution in [2.75, 3.05) is 5.75 Å². The lowest BCUT2D eigenvalue weighted by atomic mass is 10.0. The zero-order chi connectivity index (χ0) is 11.5. The Morgan fingerprint density at radius 3 is 2.31 bits per heavy atom. The first-order valence-electron chi connectivity index (χ1n) is 5.70. The van der Waals surface area contributed by atoms with Gasteiger partial charge in [0.15, 0.2) is 5.75 Å². The summed E-state index contributed by atoms with van der Waals surface area (Å²) in [7, 11) is -3.63. The number of fused-ring (bicyclic) bond motifs is 5. The van der Waals surface area contributed by atoms with E-state index in [1.807, 2.05) is 0 Å². The fraction of sp³-hybridized carbons (Fsp3) is 0.900. The van der Waals surface area contributed by atoms with Crippen LogP contribution in [0.1, 0.15) is 19.3 Å². The molecule has 90 valence electrons. The van der Waals surface area contributed by atoms with E-state index in [-0.39, 0.29) is 6.04 Å². The van der Waals surface area contributed by atoms with Gasteiger partial charge >= 0.3 is 5.97 Å². The van der Waals surface area contributed by atoms with Crippen LogP contribution in [0.3, 0.4) is 0 Å². The van der Waals surface area contributed by atoms with E-state index in [1.165, 1.54) is 19.3 Å². The Morgan fingerprint density at radius 1 is 1.25 bits per heavy atom. The van der Waals surface area contributed by atoms with Crippen LogP contribution in [0.2, 0.25) is 0 Å². The largest absolute Gasteiger partial charge is 0.480 e. The number of aliphatic carboxylic acids is 1. The van der Waals surface area contributed by atoms with Gasteiger partial charge in [-0.15, -0.1) is 0 Å². The standard InChI is InChI=1S/C10H15NO4S/c12-7(13)4-16(14,15)11-10-8-5-1-2-6(3-5)9(8)10/h5-6,8-11H,1-4H2,(H,12,13). The van der Waals surface area contributed by atoms with Crippen LogP contribution in [0.25, 0.3) is 0 Å². The molecule has 5 nitrogen and oxygen atoms in total. The first-order valence-corrected chi connectivity index (χ1v) is 7.35. The Hall–Kier alpha value is -0.620. The van der Waals surface area contributed by atoms with Crippen molar-refractivity contribution >= 4 is 16.0 Å². The summed E-state index contributed by atoms with van der Waals surface area (Å²) in [4.78, 5) is 10.4. The Kier molecular flexibility index (Phi) is 2.10. The number of carboxylic acids is 1. The molecule has 0 aromatic carbocycles. The van der Waals surface area contributed by atoms with Crippen LogP contribution in [0.15, 0.2) is 0 Å². The molecule has 0 aromatic heterocycles. The fourth-order valence-electron chi connectivity index (χ4n) is 3.89. The normalized spacial score (nSPS) is 44.4. The van der Waals surface area contributed by atoms with Crippen LogP contribution in [0.5, 0.6) is 0 Å². The minimum absolute atomic E-state index is 0.0376. The van der Waals surface area contributed by atoms with Gasteiger partial charge in [-0.2, -0.15) is 0 Å². The van der Waals surface area contributed by atoms with E-state index in [0.717, 1.165) is 0 Å². The highest BCUT2D eigenvalue weighted by Crippen LogP contribution is 2.65. The van der Waals surface area contributed by atoms with E-state index in [0.29, 0.717) is 23.7 Å². The molecule has 0 saturated heterocycles. The summed E-state index contributed by atoms with van der Waals surface area (Å²) in [5.74, 6) is 0.282. The summed E-state index contributed by atoms with van der Waals surface area (Å²) in [6.07, 6.45) is 3.71. The zero-order valence-electron chi connectivity index (χ0n) is 8.80. The molecule has 0 radical (unpaired) electrons. The number of carbonyl (C=O) groups is 1. The second kappa shape index (κ2) is 3.20. The van der Waals surface area contributed by atoms with Gasteiger partial charge < -0.3 is 5.11 Å². The molecule has 2 N–H and O–H groups in total. The highest BCUT2D eigenvalue weighted by atomic mass is 32.2. The lowest BCUT2D eigenvalue weighted by Gasteiger charge is -2.09. The smallest absolute Gasteiger partial charge is 0.320 e. The van der Waals surface area contributed by atoms with Gasteiger partial charge in [0.25, 0.3) is 0 Å². The van der Waals surface area contributed by atoms with Crippen LogP contribution in [-0.4, -0.2) is 31.3 Å². The molecule has 3 rings (SSSR count). The van der Waals surface area contributed by atoms with Crippen LogP contribution in [0, 0.1) is 23.7 Å². The highest BCUT2D eigenvalue weighted by Gasteiger charge is 2.65. The number of carboxylic acid groups (broad SMARTS) is 1. The SMILES string of the molecule is O=C(O)CS(=O)(=O)NC1C2C3CCC(C3)C12. The van der Waals surface area contributed by atoms with E-state index in [1.54, 1.807) is 0 Å². The summed E-state index contributed by atoms with van der Waals surface area (Å²) in [6, 6.07) is 0.0376. The van der Waals surface area contributed by atoms with Crippen LogP contribution >= 0.6 is 0 Å². The third-order valence-electron chi connectivity index (χ3n) is 4.36. The molecule has 2 bridgehead atoms. The number of nitrogens with one attached hydrogen (secondary N) is 1. The van der Waals surface area contributed by atoms with E-state index < -0.39 is 21.7 Å². The average molecular weight is 245 g/mol. The molecule has 3 saturated carbocycles. The minimum atomic E-state index is -3.63. The molecule has 0 heterocycles. The van der Waals surface area contributed by atoms with Gasteiger partial charge in [-0.1, -0.05) is 0 Å². The van der Waals surface area contributed by atoms with Gasteiger partial charge in [0.05, 0.1) is 0 Å². The van der Waals surface area contributed by atoms with Crippen molar-refractivity contribution in [3.63, 3.8) is 0 Å². The van der Waals surface area contributed by atoms with Gasteiger partial charge in [0.1, 0.15) is 0 Å². The Labute approximate surface area is 94.3 Å². The summed E-state index contributed by atoms with van der Waals surface area (Å²) in [6.45, 7) is 0. The third kappa shape index (κ3) is 1.55. The van der Waals surface area contributed by atoms with E-state index in [9.17, 15) is 13.2 Å². The van der Waals surface area contributed by atoms with Gasteiger partial charge in [-0.25, -0.2) is 13.1 Å². The molecular weight excluding hydrogens is 230 g/mol.